The van der Waals surface area contributed by atoms with Gasteiger partial charge in [0.1, 0.15) is 0 Å². The molecule has 1 unspecified atom stereocenters. The lowest BCUT2D eigenvalue weighted by Crippen LogP contribution is -2.08. The molecule has 2 rings (SSSR count). The van der Waals surface area contributed by atoms with Crippen molar-refractivity contribution in [2.24, 2.45) is 5.92 Å². The largest absolute Gasteiger partial charge is 0.481 e. The molecule has 1 fully saturated rings. The smallest absolute Gasteiger partial charge is 0.303 e. The average Bonchev–Trinajstić information content (AvgIpc) is 3.09. The summed E-state index contributed by atoms with van der Waals surface area (Å²) >= 11 is 7.77. The van der Waals surface area contributed by atoms with E-state index in [1.54, 1.807) is 11.8 Å². The van der Waals surface area contributed by atoms with Crippen molar-refractivity contribution in [3.05, 3.63) is 28.8 Å². The van der Waals surface area contributed by atoms with Crippen molar-refractivity contribution < 1.29 is 9.90 Å². The minimum Gasteiger partial charge on any atom is -0.481 e. The van der Waals surface area contributed by atoms with Crippen LogP contribution in [0.15, 0.2) is 23.1 Å². The molecule has 0 heterocycles. The summed E-state index contributed by atoms with van der Waals surface area (Å²) in [6, 6.07) is 5.93. The van der Waals surface area contributed by atoms with E-state index in [0.717, 1.165) is 28.3 Å². The van der Waals surface area contributed by atoms with E-state index in [1.807, 2.05) is 24.5 Å². The molecule has 92 valence electrons. The second-order valence-electron chi connectivity index (χ2n) is 4.44. The summed E-state index contributed by atoms with van der Waals surface area (Å²) < 4.78 is 0. The van der Waals surface area contributed by atoms with Gasteiger partial charge in [-0.05, 0) is 48.6 Å². The summed E-state index contributed by atoms with van der Waals surface area (Å²) in [6.45, 7) is 0. The maximum absolute atomic E-state index is 10.9. The fourth-order valence-corrected chi connectivity index (χ4v) is 3.04. The quantitative estimate of drug-likeness (QED) is 0.821. The Hall–Kier alpha value is -0.670. The zero-order valence-corrected chi connectivity index (χ0v) is 11.2. The molecular weight excluding hydrogens is 256 g/mol. The van der Waals surface area contributed by atoms with Crippen LogP contribution in [0.3, 0.4) is 0 Å². The second-order valence-corrected chi connectivity index (χ2v) is 5.69. The number of hydrogen-bond acceptors (Lipinski definition) is 2. The number of carboxylic acids is 1. The summed E-state index contributed by atoms with van der Waals surface area (Å²) in [5, 5.41) is 9.68. The lowest BCUT2D eigenvalue weighted by atomic mass is 9.91. The third-order valence-corrected chi connectivity index (χ3v) is 4.41. The molecule has 1 aliphatic rings. The average molecular weight is 271 g/mol. The van der Waals surface area contributed by atoms with E-state index in [1.165, 1.54) is 0 Å². The van der Waals surface area contributed by atoms with Gasteiger partial charge in [-0.3, -0.25) is 4.79 Å². The number of thioether (sulfide) groups is 1. The first-order valence-electron chi connectivity index (χ1n) is 5.67. The molecule has 0 aliphatic heterocycles. The zero-order valence-electron chi connectivity index (χ0n) is 9.65. The summed E-state index contributed by atoms with van der Waals surface area (Å²) in [5.41, 5.74) is 1.07. The van der Waals surface area contributed by atoms with Crippen LogP contribution in [0, 0.1) is 5.92 Å². The third kappa shape index (κ3) is 3.17. The predicted molar refractivity (Wildman–Crippen MR) is 71.0 cm³/mol. The predicted octanol–water partition coefficient (Wildman–Crippen LogP) is 4.03. The third-order valence-electron chi connectivity index (χ3n) is 3.19. The van der Waals surface area contributed by atoms with E-state index >= 15 is 0 Å². The normalized spacial score (nSPS) is 16.8. The van der Waals surface area contributed by atoms with E-state index in [4.69, 9.17) is 16.7 Å². The van der Waals surface area contributed by atoms with Gasteiger partial charge in [-0.15, -0.1) is 11.8 Å². The van der Waals surface area contributed by atoms with Crippen LogP contribution in [0.4, 0.5) is 0 Å². The monoisotopic (exact) mass is 270 g/mol. The van der Waals surface area contributed by atoms with Gasteiger partial charge in [0.15, 0.2) is 0 Å². The first-order chi connectivity index (χ1) is 8.11. The van der Waals surface area contributed by atoms with Gasteiger partial charge in [-0.1, -0.05) is 17.7 Å². The number of carboxylic acid groups (broad SMARTS) is 1. The molecule has 17 heavy (non-hydrogen) atoms. The summed E-state index contributed by atoms with van der Waals surface area (Å²) in [5.74, 6) is -0.0739. The highest BCUT2D eigenvalue weighted by atomic mass is 35.5. The van der Waals surface area contributed by atoms with E-state index in [-0.39, 0.29) is 12.3 Å². The number of halogens is 1. The molecule has 2 nitrogen and oxygen atoms in total. The Morgan fingerprint density at radius 1 is 1.59 bits per heavy atom. The summed E-state index contributed by atoms with van der Waals surface area (Å²) in [7, 11) is 0. The van der Waals surface area contributed by atoms with Crippen molar-refractivity contribution >= 4 is 29.3 Å². The maximum Gasteiger partial charge on any atom is 0.303 e. The molecule has 0 spiro atoms. The lowest BCUT2D eigenvalue weighted by Gasteiger charge is -2.15. The van der Waals surface area contributed by atoms with E-state index in [2.05, 4.69) is 0 Å². The Bertz CT molecular complexity index is 429. The zero-order chi connectivity index (χ0) is 12.4. The molecule has 1 N–H and O–H groups in total. The minimum absolute atomic E-state index is 0.126. The van der Waals surface area contributed by atoms with Gasteiger partial charge in [-0.25, -0.2) is 0 Å². The molecule has 0 aromatic heterocycles. The lowest BCUT2D eigenvalue weighted by molar-refractivity contribution is -0.137. The Morgan fingerprint density at radius 2 is 2.29 bits per heavy atom. The van der Waals surface area contributed by atoms with Gasteiger partial charge in [0.05, 0.1) is 11.4 Å². The standard InChI is InChI=1S/C13H15ClO2S/c1-17-12-5-4-9(6-11(12)14)10(7-13(15)16)8-2-3-8/h4-6,8,10H,2-3,7H2,1H3,(H,15,16). The van der Waals surface area contributed by atoms with Crippen molar-refractivity contribution in [1.29, 1.82) is 0 Å². The van der Waals surface area contributed by atoms with Crippen LogP contribution < -0.4 is 0 Å². The highest BCUT2D eigenvalue weighted by Crippen LogP contribution is 2.45. The van der Waals surface area contributed by atoms with Crippen LogP contribution in [0.2, 0.25) is 5.02 Å². The van der Waals surface area contributed by atoms with E-state index in [0.29, 0.717) is 5.92 Å². The molecule has 0 amide bonds. The Balaban J connectivity index is 2.23. The molecule has 4 heteroatoms. The fraction of sp³-hybridized carbons (Fsp3) is 0.462. The molecule has 1 saturated carbocycles. The van der Waals surface area contributed by atoms with Crippen molar-refractivity contribution in [1.82, 2.24) is 0 Å². The molecule has 0 radical (unpaired) electrons. The Kier molecular flexibility index (Phi) is 4.00. The molecule has 0 bridgehead atoms. The maximum atomic E-state index is 10.9. The topological polar surface area (TPSA) is 37.3 Å². The van der Waals surface area contributed by atoms with Gasteiger partial charge in [-0.2, -0.15) is 0 Å². The van der Waals surface area contributed by atoms with Crippen molar-refractivity contribution in [3.8, 4) is 0 Å². The first kappa shape index (κ1) is 12.8. The number of rotatable bonds is 5. The van der Waals surface area contributed by atoms with Crippen LogP contribution in [0.5, 0.6) is 0 Å². The first-order valence-corrected chi connectivity index (χ1v) is 7.27. The highest BCUT2D eigenvalue weighted by Gasteiger charge is 2.33. The van der Waals surface area contributed by atoms with Crippen LogP contribution in [-0.2, 0) is 4.79 Å². The number of benzene rings is 1. The summed E-state index contributed by atoms with van der Waals surface area (Å²) in [6.07, 6.45) is 4.47. The Morgan fingerprint density at radius 3 is 2.76 bits per heavy atom. The second kappa shape index (κ2) is 5.32. The molecule has 0 saturated heterocycles. The van der Waals surface area contributed by atoms with E-state index < -0.39 is 5.97 Å². The number of hydrogen-bond donors (Lipinski definition) is 1. The summed E-state index contributed by atoms with van der Waals surface area (Å²) in [4.78, 5) is 11.9. The fourth-order valence-electron chi connectivity index (χ4n) is 2.16. The van der Waals surface area contributed by atoms with Gasteiger partial charge in [0, 0.05) is 4.90 Å². The molecule has 1 aromatic carbocycles. The minimum atomic E-state index is -0.730. The van der Waals surface area contributed by atoms with Gasteiger partial charge >= 0.3 is 5.97 Å². The van der Waals surface area contributed by atoms with Crippen LogP contribution >= 0.6 is 23.4 Å². The van der Waals surface area contributed by atoms with Gasteiger partial charge < -0.3 is 5.11 Å². The highest BCUT2D eigenvalue weighted by molar-refractivity contribution is 7.98. The van der Waals surface area contributed by atoms with Gasteiger partial charge in [0.25, 0.3) is 0 Å². The molecule has 1 aliphatic carbocycles. The number of carbonyl (C=O) groups is 1. The van der Waals surface area contributed by atoms with Gasteiger partial charge in [0.2, 0.25) is 0 Å². The van der Waals surface area contributed by atoms with E-state index in [9.17, 15) is 4.79 Å². The molecular formula is C13H15ClO2S. The van der Waals surface area contributed by atoms with Crippen LogP contribution in [0.25, 0.3) is 0 Å². The van der Waals surface area contributed by atoms with Crippen molar-refractivity contribution in [2.75, 3.05) is 6.26 Å². The van der Waals surface area contributed by atoms with Crippen molar-refractivity contribution in [2.45, 2.75) is 30.1 Å². The van der Waals surface area contributed by atoms with Crippen LogP contribution in [0.1, 0.15) is 30.7 Å². The SMILES string of the molecule is CSc1ccc(C(CC(=O)O)C2CC2)cc1Cl. The van der Waals surface area contributed by atoms with Crippen molar-refractivity contribution in [3.63, 3.8) is 0 Å². The Labute approximate surface area is 110 Å². The van der Waals surface area contributed by atoms with Crippen LogP contribution in [-0.4, -0.2) is 17.3 Å². The molecule has 1 atom stereocenters. The number of aliphatic carboxylic acids is 1. The molecule has 1 aromatic rings.